The van der Waals surface area contributed by atoms with E-state index in [9.17, 15) is 0 Å². The molecule has 1 aliphatic carbocycles. The van der Waals surface area contributed by atoms with E-state index in [0.29, 0.717) is 6.04 Å². The molecule has 0 aliphatic heterocycles. The summed E-state index contributed by atoms with van der Waals surface area (Å²) in [5, 5.41) is 8.23. The predicted octanol–water partition coefficient (Wildman–Crippen LogP) is 3.52. The van der Waals surface area contributed by atoms with Crippen molar-refractivity contribution in [2.75, 3.05) is 6.54 Å². The Bertz CT molecular complexity index is 335. The fourth-order valence-corrected chi connectivity index (χ4v) is 2.96. The lowest BCUT2D eigenvalue weighted by Gasteiger charge is -2.12. The van der Waals surface area contributed by atoms with Crippen LogP contribution in [0, 0.1) is 5.92 Å². The van der Waals surface area contributed by atoms with Crippen LogP contribution in [0.3, 0.4) is 0 Å². The van der Waals surface area contributed by atoms with Crippen molar-refractivity contribution < 1.29 is 0 Å². The molecule has 3 nitrogen and oxygen atoms in total. The standard InChI is InChI=1S/C15H27N3/c1-3-15(4-2)18-10-9-14(17-18)12-16-11-13-7-5-6-8-13/h9-10,13,15-16H,3-8,11-12H2,1-2H3. The van der Waals surface area contributed by atoms with Gasteiger partial charge < -0.3 is 5.32 Å². The first kappa shape index (κ1) is 13.6. The Morgan fingerprint density at radius 2 is 2.06 bits per heavy atom. The molecule has 0 bridgehead atoms. The number of hydrogen-bond acceptors (Lipinski definition) is 2. The van der Waals surface area contributed by atoms with Gasteiger partial charge in [0.05, 0.1) is 11.7 Å². The highest BCUT2D eigenvalue weighted by atomic mass is 15.3. The van der Waals surface area contributed by atoms with Gasteiger partial charge in [0.2, 0.25) is 0 Å². The third-order valence-electron chi connectivity index (χ3n) is 4.19. The van der Waals surface area contributed by atoms with Crippen LogP contribution in [0.4, 0.5) is 0 Å². The van der Waals surface area contributed by atoms with E-state index < -0.39 is 0 Å². The normalized spacial score (nSPS) is 16.8. The molecule has 0 radical (unpaired) electrons. The summed E-state index contributed by atoms with van der Waals surface area (Å²) in [7, 11) is 0. The summed E-state index contributed by atoms with van der Waals surface area (Å²) in [6.07, 6.45) is 10.1. The first-order chi connectivity index (χ1) is 8.83. The molecule has 0 atom stereocenters. The Hall–Kier alpha value is -0.830. The lowest BCUT2D eigenvalue weighted by atomic mass is 10.1. The number of rotatable bonds is 7. The minimum Gasteiger partial charge on any atom is -0.311 e. The summed E-state index contributed by atoms with van der Waals surface area (Å²) in [6, 6.07) is 2.72. The topological polar surface area (TPSA) is 29.9 Å². The van der Waals surface area contributed by atoms with Gasteiger partial charge in [-0.3, -0.25) is 4.68 Å². The highest BCUT2D eigenvalue weighted by Gasteiger charge is 2.14. The van der Waals surface area contributed by atoms with Gasteiger partial charge in [0.15, 0.2) is 0 Å². The Kier molecular flexibility index (Phi) is 5.24. The molecule has 0 spiro atoms. The van der Waals surface area contributed by atoms with Crippen LogP contribution in [0.2, 0.25) is 0 Å². The van der Waals surface area contributed by atoms with Crippen molar-refractivity contribution in [3.8, 4) is 0 Å². The maximum absolute atomic E-state index is 4.67. The van der Waals surface area contributed by atoms with E-state index in [1.165, 1.54) is 31.4 Å². The number of nitrogens with one attached hydrogen (secondary N) is 1. The lowest BCUT2D eigenvalue weighted by molar-refractivity contribution is 0.422. The molecular weight excluding hydrogens is 222 g/mol. The summed E-state index contributed by atoms with van der Waals surface area (Å²) in [5.74, 6) is 0.908. The molecule has 0 saturated heterocycles. The largest absolute Gasteiger partial charge is 0.311 e. The molecular formula is C15H27N3. The van der Waals surface area contributed by atoms with Gasteiger partial charge in [0, 0.05) is 12.7 Å². The van der Waals surface area contributed by atoms with E-state index in [4.69, 9.17) is 0 Å². The quantitative estimate of drug-likeness (QED) is 0.801. The highest BCUT2D eigenvalue weighted by molar-refractivity contribution is 4.99. The second kappa shape index (κ2) is 6.93. The summed E-state index contributed by atoms with van der Waals surface area (Å²) in [4.78, 5) is 0. The van der Waals surface area contributed by atoms with Crippen LogP contribution in [0.15, 0.2) is 12.3 Å². The van der Waals surface area contributed by atoms with Gasteiger partial charge in [0.25, 0.3) is 0 Å². The Labute approximate surface area is 111 Å². The van der Waals surface area contributed by atoms with Crippen LogP contribution in [0.25, 0.3) is 0 Å². The maximum Gasteiger partial charge on any atom is 0.0762 e. The van der Waals surface area contributed by atoms with Gasteiger partial charge in [-0.1, -0.05) is 26.7 Å². The monoisotopic (exact) mass is 249 g/mol. The van der Waals surface area contributed by atoms with Gasteiger partial charge >= 0.3 is 0 Å². The van der Waals surface area contributed by atoms with Gasteiger partial charge in [-0.05, 0) is 44.2 Å². The highest BCUT2D eigenvalue weighted by Crippen LogP contribution is 2.23. The van der Waals surface area contributed by atoms with E-state index >= 15 is 0 Å². The van der Waals surface area contributed by atoms with Crippen molar-refractivity contribution >= 4 is 0 Å². The van der Waals surface area contributed by atoms with Gasteiger partial charge in [-0.25, -0.2) is 0 Å². The third kappa shape index (κ3) is 3.58. The summed E-state index contributed by atoms with van der Waals surface area (Å²) in [6.45, 7) is 6.54. The molecule has 1 fully saturated rings. The van der Waals surface area contributed by atoms with Crippen LogP contribution >= 0.6 is 0 Å². The summed E-state index contributed by atoms with van der Waals surface area (Å²) in [5.41, 5.74) is 1.18. The van der Waals surface area contributed by atoms with E-state index in [-0.39, 0.29) is 0 Å². The van der Waals surface area contributed by atoms with E-state index in [2.05, 4.69) is 41.2 Å². The van der Waals surface area contributed by atoms with E-state index in [0.717, 1.165) is 31.8 Å². The van der Waals surface area contributed by atoms with Gasteiger partial charge in [-0.2, -0.15) is 5.10 Å². The minimum absolute atomic E-state index is 0.564. The average Bonchev–Trinajstić information content (AvgIpc) is 3.03. The van der Waals surface area contributed by atoms with Crippen LogP contribution < -0.4 is 5.32 Å². The molecule has 3 heteroatoms. The van der Waals surface area contributed by atoms with E-state index in [1.54, 1.807) is 0 Å². The fourth-order valence-electron chi connectivity index (χ4n) is 2.96. The van der Waals surface area contributed by atoms with Crippen molar-refractivity contribution in [3.05, 3.63) is 18.0 Å². The number of aromatic nitrogens is 2. The lowest BCUT2D eigenvalue weighted by Crippen LogP contribution is -2.21. The zero-order chi connectivity index (χ0) is 12.8. The maximum atomic E-state index is 4.67. The first-order valence-electron chi connectivity index (χ1n) is 7.58. The van der Waals surface area contributed by atoms with Gasteiger partial charge in [0.1, 0.15) is 0 Å². The van der Waals surface area contributed by atoms with Crippen molar-refractivity contribution in [3.63, 3.8) is 0 Å². The Balaban J connectivity index is 1.75. The SMILES string of the molecule is CCC(CC)n1ccc(CNCC2CCCC2)n1. The van der Waals surface area contributed by atoms with Crippen LogP contribution in [0.1, 0.15) is 64.1 Å². The second-order valence-electron chi connectivity index (χ2n) is 5.54. The van der Waals surface area contributed by atoms with Crippen LogP contribution in [0.5, 0.6) is 0 Å². The summed E-state index contributed by atoms with van der Waals surface area (Å²) >= 11 is 0. The van der Waals surface area contributed by atoms with Crippen molar-refractivity contribution in [1.82, 2.24) is 15.1 Å². The molecule has 1 aromatic rings. The molecule has 0 amide bonds. The molecule has 18 heavy (non-hydrogen) atoms. The fraction of sp³-hybridized carbons (Fsp3) is 0.800. The molecule has 1 aliphatic rings. The molecule has 1 heterocycles. The number of hydrogen-bond donors (Lipinski definition) is 1. The van der Waals surface area contributed by atoms with Crippen molar-refractivity contribution in [1.29, 1.82) is 0 Å². The molecule has 102 valence electrons. The summed E-state index contributed by atoms with van der Waals surface area (Å²) < 4.78 is 2.13. The van der Waals surface area contributed by atoms with Crippen molar-refractivity contribution in [2.24, 2.45) is 5.92 Å². The predicted molar refractivity (Wildman–Crippen MR) is 75.5 cm³/mol. The zero-order valence-electron chi connectivity index (χ0n) is 11.9. The second-order valence-corrected chi connectivity index (χ2v) is 5.54. The Morgan fingerprint density at radius 1 is 1.33 bits per heavy atom. The van der Waals surface area contributed by atoms with Crippen molar-refractivity contribution in [2.45, 2.75) is 65.0 Å². The molecule has 2 rings (SSSR count). The molecule has 0 unspecified atom stereocenters. The molecule has 1 N–H and O–H groups in total. The molecule has 1 aromatic heterocycles. The first-order valence-corrected chi connectivity index (χ1v) is 7.58. The van der Waals surface area contributed by atoms with Crippen LogP contribution in [-0.4, -0.2) is 16.3 Å². The molecule has 1 saturated carbocycles. The molecule has 0 aromatic carbocycles. The third-order valence-corrected chi connectivity index (χ3v) is 4.19. The smallest absolute Gasteiger partial charge is 0.0762 e. The average molecular weight is 249 g/mol. The minimum atomic E-state index is 0.564. The Morgan fingerprint density at radius 3 is 2.72 bits per heavy atom. The van der Waals surface area contributed by atoms with Gasteiger partial charge in [-0.15, -0.1) is 0 Å². The number of nitrogens with zero attached hydrogens (tertiary/aromatic N) is 2. The van der Waals surface area contributed by atoms with E-state index in [1.807, 2.05) is 0 Å². The van der Waals surface area contributed by atoms with Crippen LogP contribution in [-0.2, 0) is 6.54 Å². The zero-order valence-corrected chi connectivity index (χ0v) is 11.9.